The van der Waals surface area contributed by atoms with Crippen molar-refractivity contribution in [1.29, 1.82) is 0 Å². The Bertz CT molecular complexity index is 776. The van der Waals surface area contributed by atoms with E-state index < -0.39 is 23.7 Å². The summed E-state index contributed by atoms with van der Waals surface area (Å²) in [4.78, 5) is 0. The number of hydrogen-bond acceptors (Lipinski definition) is 3. The van der Waals surface area contributed by atoms with Gasteiger partial charge in [0.2, 0.25) is 0 Å². The molecule has 0 unspecified atom stereocenters. The average molecular weight is 453 g/mol. The van der Waals surface area contributed by atoms with Crippen molar-refractivity contribution in [3.63, 3.8) is 0 Å². The van der Waals surface area contributed by atoms with E-state index in [1.165, 1.54) is 19.4 Å². The lowest BCUT2D eigenvalue weighted by Gasteiger charge is -2.43. The van der Waals surface area contributed by atoms with Crippen LogP contribution < -0.4 is 0 Å². The molecule has 3 nitrogen and oxygen atoms in total. The van der Waals surface area contributed by atoms with Crippen molar-refractivity contribution in [2.24, 2.45) is 23.2 Å². The lowest BCUT2D eigenvalue weighted by Crippen LogP contribution is -2.43. The average Bonchev–Trinajstić information content (AvgIpc) is 3.04. The molecule has 0 aromatic carbocycles. The van der Waals surface area contributed by atoms with Crippen molar-refractivity contribution in [2.75, 3.05) is 0 Å². The van der Waals surface area contributed by atoms with E-state index in [-0.39, 0.29) is 17.8 Å². The minimum absolute atomic E-state index is 0.0902. The van der Waals surface area contributed by atoms with Crippen LogP contribution in [-0.2, 0) is 0 Å². The maximum absolute atomic E-state index is 14.3. The van der Waals surface area contributed by atoms with Crippen LogP contribution in [0.15, 0.2) is 34.9 Å². The molecule has 0 radical (unpaired) electrons. The predicted molar refractivity (Wildman–Crippen MR) is 124 cm³/mol. The molecule has 1 saturated carbocycles. The number of aliphatic hydroxyl groups is 3. The lowest BCUT2D eigenvalue weighted by atomic mass is 9.62. The van der Waals surface area contributed by atoms with Crippen molar-refractivity contribution in [1.82, 2.24) is 0 Å². The van der Waals surface area contributed by atoms with Gasteiger partial charge in [-0.15, -0.1) is 0 Å². The molecular formula is C27H42F2O3. The first-order chi connectivity index (χ1) is 14.8. The van der Waals surface area contributed by atoms with Crippen LogP contribution in [0, 0.1) is 23.2 Å². The summed E-state index contributed by atoms with van der Waals surface area (Å²) in [6.07, 6.45) is 10.7. The van der Waals surface area contributed by atoms with Crippen molar-refractivity contribution < 1.29 is 24.1 Å². The van der Waals surface area contributed by atoms with Gasteiger partial charge in [-0.1, -0.05) is 32.1 Å². The number of rotatable bonds is 7. The van der Waals surface area contributed by atoms with E-state index in [1.807, 2.05) is 6.92 Å². The molecule has 0 amide bonds. The molecule has 5 heteroatoms. The Morgan fingerprint density at radius 1 is 1.22 bits per heavy atom. The standard InChI is InChI=1S/C27H42F2O3/c1-17(12-14-27(28,29)25(3,4)32)22-10-11-23-19(7-6-13-26(22,23)5)8-9-20-15-21(30)16-24(31)18(20)2/h7-9,17,21-24,30-32H,6,10-16H2,1-5H3/b9-8-/t17-,21+,22-,23+,24-,26-/m1/s1. The Balaban J connectivity index is 1.71. The van der Waals surface area contributed by atoms with Gasteiger partial charge in [0.1, 0.15) is 5.60 Å². The monoisotopic (exact) mass is 452 g/mol. The van der Waals surface area contributed by atoms with E-state index in [1.54, 1.807) is 0 Å². The van der Waals surface area contributed by atoms with Crippen LogP contribution in [0.25, 0.3) is 0 Å². The van der Waals surface area contributed by atoms with Crippen LogP contribution >= 0.6 is 0 Å². The third-order valence-corrected chi connectivity index (χ3v) is 8.80. The number of hydrogen-bond donors (Lipinski definition) is 3. The molecule has 0 aliphatic heterocycles. The molecule has 0 spiro atoms. The number of alkyl halides is 2. The first-order valence-electron chi connectivity index (χ1n) is 12.3. The third-order valence-electron chi connectivity index (χ3n) is 8.80. The third kappa shape index (κ3) is 5.05. The van der Waals surface area contributed by atoms with Crippen LogP contribution in [0.5, 0.6) is 0 Å². The predicted octanol–water partition coefficient (Wildman–Crippen LogP) is 5.95. The van der Waals surface area contributed by atoms with Crippen molar-refractivity contribution in [2.45, 2.75) is 110 Å². The maximum atomic E-state index is 14.3. The van der Waals surface area contributed by atoms with Crippen LogP contribution in [0.1, 0.15) is 86.0 Å². The second-order valence-corrected chi connectivity index (χ2v) is 11.4. The summed E-state index contributed by atoms with van der Waals surface area (Å²) in [6, 6.07) is 0. The highest BCUT2D eigenvalue weighted by Crippen LogP contribution is 2.59. The van der Waals surface area contributed by atoms with Gasteiger partial charge in [0, 0.05) is 12.8 Å². The second-order valence-electron chi connectivity index (χ2n) is 11.4. The topological polar surface area (TPSA) is 60.7 Å². The number of aliphatic hydroxyl groups excluding tert-OH is 2. The van der Waals surface area contributed by atoms with Gasteiger partial charge in [0.05, 0.1) is 12.2 Å². The molecule has 1 fully saturated rings. The van der Waals surface area contributed by atoms with Crippen LogP contribution in [0.2, 0.25) is 0 Å². The smallest absolute Gasteiger partial charge is 0.275 e. The Morgan fingerprint density at radius 2 is 1.91 bits per heavy atom. The van der Waals surface area contributed by atoms with Gasteiger partial charge in [0.25, 0.3) is 5.92 Å². The van der Waals surface area contributed by atoms with Crippen LogP contribution in [-0.4, -0.2) is 39.1 Å². The fourth-order valence-electron chi connectivity index (χ4n) is 6.44. The van der Waals surface area contributed by atoms with Gasteiger partial charge in [-0.25, -0.2) is 8.78 Å². The summed E-state index contributed by atoms with van der Waals surface area (Å²) < 4.78 is 28.6. The number of allylic oxidation sites excluding steroid dienone is 4. The van der Waals surface area contributed by atoms with Gasteiger partial charge in [-0.05, 0) is 99.2 Å². The molecule has 0 aromatic heterocycles. The molecule has 182 valence electrons. The molecular weight excluding hydrogens is 410 g/mol. The molecule has 3 N–H and O–H groups in total. The highest BCUT2D eigenvalue weighted by molar-refractivity contribution is 5.37. The van der Waals surface area contributed by atoms with Crippen molar-refractivity contribution in [3.8, 4) is 0 Å². The normalized spacial score (nSPS) is 35.2. The summed E-state index contributed by atoms with van der Waals surface area (Å²) in [6.45, 7) is 8.75. The molecule has 32 heavy (non-hydrogen) atoms. The van der Waals surface area contributed by atoms with Gasteiger partial charge in [0.15, 0.2) is 0 Å². The summed E-state index contributed by atoms with van der Waals surface area (Å²) >= 11 is 0. The minimum atomic E-state index is -3.08. The van der Waals surface area contributed by atoms with E-state index in [0.29, 0.717) is 31.1 Å². The maximum Gasteiger partial charge on any atom is 0.275 e. The molecule has 3 aliphatic carbocycles. The summed E-state index contributed by atoms with van der Waals surface area (Å²) in [5, 5.41) is 30.0. The number of halogens is 2. The molecule has 3 aliphatic rings. The second kappa shape index (κ2) is 9.31. The first kappa shape index (κ1) is 25.6. The van der Waals surface area contributed by atoms with E-state index in [4.69, 9.17) is 0 Å². The minimum Gasteiger partial charge on any atom is -0.393 e. The van der Waals surface area contributed by atoms with Crippen molar-refractivity contribution in [3.05, 3.63) is 34.9 Å². The molecule has 3 rings (SSSR count). The summed E-state index contributed by atoms with van der Waals surface area (Å²) in [5.41, 5.74) is 1.36. The van der Waals surface area contributed by atoms with Gasteiger partial charge in [-0.2, -0.15) is 0 Å². The van der Waals surface area contributed by atoms with Crippen LogP contribution in [0.4, 0.5) is 8.78 Å². The zero-order valence-electron chi connectivity index (χ0n) is 20.4. The lowest BCUT2D eigenvalue weighted by molar-refractivity contribution is -0.168. The van der Waals surface area contributed by atoms with Gasteiger partial charge >= 0.3 is 0 Å². The Hall–Kier alpha value is -1.04. The largest absolute Gasteiger partial charge is 0.393 e. The molecule has 0 saturated heterocycles. The Kier molecular flexibility index (Phi) is 7.44. The molecule has 0 bridgehead atoms. The molecule has 6 atom stereocenters. The zero-order chi connectivity index (χ0) is 23.9. The van der Waals surface area contributed by atoms with E-state index >= 15 is 0 Å². The van der Waals surface area contributed by atoms with E-state index in [9.17, 15) is 24.1 Å². The van der Waals surface area contributed by atoms with E-state index in [0.717, 1.165) is 36.8 Å². The van der Waals surface area contributed by atoms with Gasteiger partial charge in [-0.3, -0.25) is 0 Å². The van der Waals surface area contributed by atoms with E-state index in [2.05, 4.69) is 32.1 Å². The number of fused-ring (bicyclic) bond motifs is 1. The highest BCUT2D eigenvalue weighted by atomic mass is 19.3. The fraction of sp³-hybridized carbons (Fsp3) is 0.778. The molecule has 0 aromatic rings. The Labute approximate surface area is 192 Å². The summed E-state index contributed by atoms with van der Waals surface area (Å²) in [7, 11) is 0. The first-order valence-corrected chi connectivity index (χ1v) is 12.3. The fourth-order valence-corrected chi connectivity index (χ4v) is 6.44. The highest BCUT2D eigenvalue weighted by Gasteiger charge is 2.51. The summed E-state index contributed by atoms with van der Waals surface area (Å²) in [5.74, 6) is -2.10. The quantitative estimate of drug-likeness (QED) is 0.447. The molecule has 0 heterocycles. The SMILES string of the molecule is CC1=C(/C=C\C2=CCC[C@]3(C)[C@@H]([C@H](C)CCC(F)(F)C(C)(C)O)CC[C@@H]23)C[C@H](O)C[C@H]1O. The van der Waals surface area contributed by atoms with Crippen LogP contribution in [0.3, 0.4) is 0 Å². The Morgan fingerprint density at radius 3 is 2.56 bits per heavy atom. The van der Waals surface area contributed by atoms with Gasteiger partial charge < -0.3 is 15.3 Å². The van der Waals surface area contributed by atoms with Crippen molar-refractivity contribution >= 4 is 0 Å². The zero-order valence-corrected chi connectivity index (χ0v) is 20.4.